The molecule has 1 aromatic carbocycles. The van der Waals surface area contributed by atoms with E-state index >= 15 is 0 Å². The van der Waals surface area contributed by atoms with Crippen LogP contribution in [0.3, 0.4) is 0 Å². The van der Waals surface area contributed by atoms with Crippen LogP contribution in [-0.2, 0) is 4.74 Å². The molecule has 2 atom stereocenters. The summed E-state index contributed by atoms with van der Waals surface area (Å²) in [5.41, 5.74) is 9.03. The molecule has 1 fully saturated rings. The van der Waals surface area contributed by atoms with E-state index in [1.165, 1.54) is 18.3 Å². The van der Waals surface area contributed by atoms with Crippen molar-refractivity contribution in [1.82, 2.24) is 14.8 Å². The highest BCUT2D eigenvalue weighted by molar-refractivity contribution is 9.10. The highest BCUT2D eigenvalue weighted by Crippen LogP contribution is 2.52. The topological polar surface area (TPSA) is 123 Å². The summed E-state index contributed by atoms with van der Waals surface area (Å²) in [5.74, 6) is 5.23. The van der Waals surface area contributed by atoms with Crippen LogP contribution in [0.2, 0.25) is 0 Å². The molecule has 27 heavy (non-hydrogen) atoms. The summed E-state index contributed by atoms with van der Waals surface area (Å²) < 4.78 is 7.32. The number of ether oxygens (including phenoxy) is 1. The lowest BCUT2D eigenvalue weighted by Crippen LogP contribution is -2.21. The summed E-state index contributed by atoms with van der Waals surface area (Å²) in [5, 5.41) is 15.0. The largest absolute Gasteiger partial charge is 0.465 e. The maximum atomic E-state index is 12.2. The SMILES string of the molecule is COC(=O)c1cnn(-c2cc(Br)cc(C#N)c2)c1C1CC1/C(N)=C/N(C)N. The average molecular weight is 431 g/mol. The van der Waals surface area contributed by atoms with Gasteiger partial charge in [0.15, 0.2) is 0 Å². The molecule has 140 valence electrons. The molecule has 3 rings (SSSR count). The van der Waals surface area contributed by atoms with Crippen molar-refractivity contribution in [2.24, 2.45) is 17.5 Å². The molecule has 9 heteroatoms. The molecule has 0 saturated heterocycles. The number of aromatic nitrogens is 2. The number of methoxy groups -OCH3 is 1. The molecule has 0 radical (unpaired) electrons. The molecule has 1 aliphatic rings. The van der Waals surface area contributed by atoms with Gasteiger partial charge in [-0.15, -0.1) is 0 Å². The number of rotatable bonds is 5. The van der Waals surface area contributed by atoms with Crippen LogP contribution in [0.15, 0.2) is 40.8 Å². The minimum absolute atomic E-state index is 0.00215. The van der Waals surface area contributed by atoms with Gasteiger partial charge in [0.2, 0.25) is 0 Å². The minimum Gasteiger partial charge on any atom is -0.465 e. The van der Waals surface area contributed by atoms with E-state index in [1.807, 2.05) is 6.07 Å². The first-order chi connectivity index (χ1) is 12.8. The van der Waals surface area contributed by atoms with Crippen molar-refractivity contribution in [3.8, 4) is 11.8 Å². The van der Waals surface area contributed by atoms with Crippen LogP contribution < -0.4 is 11.6 Å². The van der Waals surface area contributed by atoms with Gasteiger partial charge in [-0.1, -0.05) is 15.9 Å². The fourth-order valence-corrected chi connectivity index (χ4v) is 3.63. The van der Waals surface area contributed by atoms with E-state index in [4.69, 9.17) is 16.3 Å². The smallest absolute Gasteiger partial charge is 0.341 e. The number of carbonyl (C=O) groups is 1. The van der Waals surface area contributed by atoms with Crippen molar-refractivity contribution in [3.05, 3.63) is 57.6 Å². The van der Waals surface area contributed by atoms with Crippen molar-refractivity contribution in [3.63, 3.8) is 0 Å². The first-order valence-electron chi connectivity index (χ1n) is 8.17. The summed E-state index contributed by atoms with van der Waals surface area (Å²) in [6.07, 6.45) is 3.92. The van der Waals surface area contributed by atoms with Gasteiger partial charge < -0.3 is 15.5 Å². The van der Waals surface area contributed by atoms with Crippen LogP contribution in [0.4, 0.5) is 0 Å². The number of carbonyl (C=O) groups excluding carboxylic acids is 1. The molecule has 0 spiro atoms. The molecule has 0 aliphatic heterocycles. The Balaban J connectivity index is 2.08. The molecule has 1 aromatic heterocycles. The summed E-state index contributed by atoms with van der Waals surface area (Å²) in [4.78, 5) is 12.2. The van der Waals surface area contributed by atoms with Crippen LogP contribution in [0.25, 0.3) is 5.69 Å². The second kappa shape index (κ2) is 7.42. The van der Waals surface area contributed by atoms with E-state index in [0.29, 0.717) is 28.2 Å². The van der Waals surface area contributed by atoms with Gasteiger partial charge >= 0.3 is 5.97 Å². The standard InChI is InChI=1S/C18H19BrN6O2/c1-24(22)9-16(21)13-6-14(13)17-15(18(26)27-2)8-23-25(17)12-4-10(7-20)3-11(19)5-12/h3-5,8-9,13-14H,6,21-22H2,1-2H3/b16-9-. The second-order valence-electron chi connectivity index (χ2n) is 6.40. The zero-order chi connectivity index (χ0) is 19.7. The molecular formula is C18H19BrN6O2. The molecular weight excluding hydrogens is 412 g/mol. The van der Waals surface area contributed by atoms with Gasteiger partial charge in [-0.2, -0.15) is 10.4 Å². The van der Waals surface area contributed by atoms with Gasteiger partial charge in [0.1, 0.15) is 5.56 Å². The van der Waals surface area contributed by atoms with E-state index in [0.717, 1.165) is 10.9 Å². The lowest BCUT2D eigenvalue weighted by molar-refractivity contribution is 0.0599. The highest BCUT2D eigenvalue weighted by Gasteiger charge is 2.45. The number of hydrogen-bond donors (Lipinski definition) is 2. The minimum atomic E-state index is -0.462. The molecule has 1 heterocycles. The van der Waals surface area contributed by atoms with Crippen LogP contribution in [0.1, 0.15) is 34.0 Å². The van der Waals surface area contributed by atoms with E-state index in [1.54, 1.807) is 30.1 Å². The second-order valence-corrected chi connectivity index (χ2v) is 7.32. The van der Waals surface area contributed by atoms with Gasteiger partial charge in [-0.25, -0.2) is 15.3 Å². The maximum absolute atomic E-state index is 12.2. The quantitative estimate of drug-likeness (QED) is 0.422. The normalized spacial score (nSPS) is 18.7. The zero-order valence-corrected chi connectivity index (χ0v) is 16.5. The van der Waals surface area contributed by atoms with Crippen molar-refractivity contribution >= 4 is 21.9 Å². The Morgan fingerprint density at radius 2 is 2.26 bits per heavy atom. The monoisotopic (exact) mass is 430 g/mol. The van der Waals surface area contributed by atoms with Crippen molar-refractivity contribution < 1.29 is 9.53 Å². The molecule has 0 amide bonds. The Morgan fingerprint density at radius 3 is 2.89 bits per heavy atom. The molecule has 0 bridgehead atoms. The number of nitrogens with two attached hydrogens (primary N) is 2. The predicted octanol–water partition coefficient (Wildman–Crippen LogP) is 2.00. The van der Waals surface area contributed by atoms with E-state index < -0.39 is 5.97 Å². The summed E-state index contributed by atoms with van der Waals surface area (Å²) in [6, 6.07) is 7.39. The van der Waals surface area contributed by atoms with Gasteiger partial charge in [0.05, 0.1) is 36.3 Å². The van der Waals surface area contributed by atoms with Gasteiger partial charge in [-0.05, 0) is 24.6 Å². The molecule has 2 aromatic rings. The van der Waals surface area contributed by atoms with Gasteiger partial charge in [0, 0.05) is 35.3 Å². The molecule has 1 saturated carbocycles. The highest BCUT2D eigenvalue weighted by atomic mass is 79.9. The van der Waals surface area contributed by atoms with Gasteiger partial charge in [-0.3, -0.25) is 0 Å². The first-order valence-corrected chi connectivity index (χ1v) is 8.97. The molecule has 4 N–H and O–H groups in total. The number of benzene rings is 1. The van der Waals surface area contributed by atoms with Crippen molar-refractivity contribution in [2.45, 2.75) is 12.3 Å². The summed E-state index contributed by atoms with van der Waals surface area (Å²) >= 11 is 3.41. The number of hydrazine groups is 1. The molecule has 8 nitrogen and oxygen atoms in total. The Kier molecular flexibility index (Phi) is 5.21. The van der Waals surface area contributed by atoms with Crippen LogP contribution in [0, 0.1) is 17.2 Å². The maximum Gasteiger partial charge on any atom is 0.341 e. The number of nitrogens with zero attached hydrogens (tertiary/aromatic N) is 4. The molecule has 2 unspecified atom stereocenters. The fraction of sp³-hybridized carbons (Fsp3) is 0.278. The first kappa shape index (κ1) is 18.9. The Bertz CT molecular complexity index is 959. The zero-order valence-electron chi connectivity index (χ0n) is 14.9. The van der Waals surface area contributed by atoms with E-state index in [2.05, 4.69) is 27.1 Å². The average Bonchev–Trinajstić information content (AvgIpc) is 3.30. The third-order valence-electron chi connectivity index (χ3n) is 4.39. The Morgan fingerprint density at radius 1 is 1.52 bits per heavy atom. The predicted molar refractivity (Wildman–Crippen MR) is 102 cm³/mol. The van der Waals surface area contributed by atoms with Crippen LogP contribution in [0.5, 0.6) is 0 Å². The fourth-order valence-electron chi connectivity index (χ4n) is 3.15. The third-order valence-corrected chi connectivity index (χ3v) is 4.85. The van der Waals surface area contributed by atoms with Crippen LogP contribution in [-0.4, -0.2) is 34.9 Å². The Hall–Kier alpha value is -2.83. The number of allylic oxidation sites excluding steroid dienone is 1. The lowest BCUT2D eigenvalue weighted by Gasteiger charge is -2.11. The summed E-state index contributed by atoms with van der Waals surface area (Å²) in [7, 11) is 3.03. The van der Waals surface area contributed by atoms with Gasteiger partial charge in [0.25, 0.3) is 0 Å². The van der Waals surface area contributed by atoms with E-state index in [-0.39, 0.29) is 11.8 Å². The molecule has 1 aliphatic carbocycles. The van der Waals surface area contributed by atoms with Crippen LogP contribution >= 0.6 is 15.9 Å². The lowest BCUT2D eigenvalue weighted by atomic mass is 10.1. The van der Waals surface area contributed by atoms with Crippen molar-refractivity contribution in [1.29, 1.82) is 5.26 Å². The number of esters is 1. The Labute approximate surface area is 165 Å². The number of hydrogen-bond acceptors (Lipinski definition) is 7. The van der Waals surface area contributed by atoms with E-state index in [9.17, 15) is 10.1 Å². The summed E-state index contributed by atoms with van der Waals surface area (Å²) in [6.45, 7) is 0. The third kappa shape index (κ3) is 3.82. The number of nitriles is 1. The number of halogens is 1. The van der Waals surface area contributed by atoms with Crippen molar-refractivity contribution in [2.75, 3.05) is 14.2 Å².